The van der Waals surface area contributed by atoms with Gasteiger partial charge in [-0.25, -0.2) is 0 Å². The Balaban J connectivity index is 1.48. The lowest BCUT2D eigenvalue weighted by Gasteiger charge is -2.29. The summed E-state index contributed by atoms with van der Waals surface area (Å²) in [6.07, 6.45) is 3.43. The smallest absolute Gasteiger partial charge is 0.236 e. The minimum absolute atomic E-state index is 0.259. The predicted octanol–water partition coefficient (Wildman–Crippen LogP) is 2.12. The van der Waals surface area contributed by atoms with Gasteiger partial charge in [-0.2, -0.15) is 11.8 Å². The van der Waals surface area contributed by atoms with Crippen molar-refractivity contribution in [3.8, 4) is 0 Å². The van der Waals surface area contributed by atoms with Crippen LogP contribution in [0.2, 0.25) is 0 Å². The maximum Gasteiger partial charge on any atom is 0.236 e. The molecule has 3 nitrogen and oxygen atoms in total. The summed E-state index contributed by atoms with van der Waals surface area (Å²) in [6.45, 7) is 2.20. The Kier molecular flexibility index (Phi) is 4.45. The van der Waals surface area contributed by atoms with Crippen molar-refractivity contribution < 1.29 is 4.79 Å². The van der Waals surface area contributed by atoms with Gasteiger partial charge in [-0.1, -0.05) is 0 Å². The quantitative estimate of drug-likeness (QED) is 0.927. The van der Waals surface area contributed by atoms with Crippen LogP contribution in [0.4, 0.5) is 0 Å². The molecule has 0 unspecified atom stereocenters. The third-order valence-electron chi connectivity index (χ3n) is 3.92. The zero-order chi connectivity index (χ0) is 13.1. The number of thiophene rings is 1. The van der Waals surface area contributed by atoms with Crippen molar-refractivity contribution >= 4 is 29.0 Å². The molecule has 3 heterocycles. The molecule has 0 saturated carbocycles. The Bertz CT molecular complexity index is 440. The van der Waals surface area contributed by atoms with E-state index in [1.807, 2.05) is 28.0 Å². The van der Waals surface area contributed by atoms with Crippen molar-refractivity contribution in [3.05, 3.63) is 21.9 Å². The van der Waals surface area contributed by atoms with Crippen molar-refractivity contribution in [2.75, 3.05) is 24.6 Å². The Morgan fingerprint density at radius 3 is 3.11 bits per heavy atom. The molecule has 1 aromatic rings. The maximum absolute atomic E-state index is 12.2. The molecule has 0 radical (unpaired) electrons. The topological polar surface area (TPSA) is 32.3 Å². The number of thioether (sulfide) groups is 1. The first-order valence-corrected chi connectivity index (χ1v) is 9.00. The van der Waals surface area contributed by atoms with Gasteiger partial charge in [0.15, 0.2) is 0 Å². The molecular formula is C14H20N2OS2. The first kappa shape index (κ1) is 13.5. The number of nitrogens with zero attached hydrogens (tertiary/aromatic N) is 1. The molecule has 0 aliphatic carbocycles. The van der Waals surface area contributed by atoms with E-state index in [1.54, 1.807) is 0 Å². The molecule has 1 amide bonds. The summed E-state index contributed by atoms with van der Waals surface area (Å²) < 4.78 is 0. The number of hydrogen-bond acceptors (Lipinski definition) is 4. The zero-order valence-corrected chi connectivity index (χ0v) is 12.7. The van der Waals surface area contributed by atoms with Crippen LogP contribution in [0, 0.1) is 0 Å². The molecule has 0 atom stereocenters. The van der Waals surface area contributed by atoms with Gasteiger partial charge in [0.1, 0.15) is 0 Å². The van der Waals surface area contributed by atoms with E-state index in [1.165, 1.54) is 34.8 Å². The Hall–Kier alpha value is -0.520. The Morgan fingerprint density at radius 2 is 2.26 bits per heavy atom. The lowest BCUT2D eigenvalue weighted by atomic mass is 10.1. The van der Waals surface area contributed by atoms with Gasteiger partial charge in [0.2, 0.25) is 5.91 Å². The van der Waals surface area contributed by atoms with Crippen LogP contribution in [0.1, 0.15) is 23.3 Å². The first-order valence-electron chi connectivity index (χ1n) is 6.97. The van der Waals surface area contributed by atoms with E-state index in [-0.39, 0.29) is 5.91 Å². The Morgan fingerprint density at radius 1 is 1.42 bits per heavy atom. The van der Waals surface area contributed by atoms with Crippen LogP contribution >= 0.6 is 23.1 Å². The van der Waals surface area contributed by atoms with Crippen LogP contribution in [0.25, 0.3) is 0 Å². The van der Waals surface area contributed by atoms with Crippen LogP contribution in [0.3, 0.4) is 0 Å². The molecule has 0 aromatic carbocycles. The largest absolute Gasteiger partial charge is 0.337 e. The van der Waals surface area contributed by atoms with Gasteiger partial charge in [-0.3, -0.25) is 4.79 Å². The van der Waals surface area contributed by atoms with E-state index in [0.717, 1.165) is 19.5 Å². The summed E-state index contributed by atoms with van der Waals surface area (Å²) in [4.78, 5) is 15.7. The third-order valence-corrected chi connectivity index (χ3v) is 6.00. The number of rotatable bonds is 3. The highest BCUT2D eigenvalue weighted by atomic mass is 32.2. The summed E-state index contributed by atoms with van der Waals surface area (Å²) in [5.74, 6) is 2.72. The van der Waals surface area contributed by atoms with Gasteiger partial charge in [0, 0.05) is 24.0 Å². The van der Waals surface area contributed by atoms with Crippen molar-refractivity contribution in [2.45, 2.75) is 31.8 Å². The van der Waals surface area contributed by atoms with E-state index in [2.05, 4.69) is 16.8 Å². The second-order valence-corrected chi connectivity index (χ2v) is 7.43. The lowest BCUT2D eigenvalue weighted by molar-refractivity contribution is -0.131. The highest BCUT2D eigenvalue weighted by Crippen LogP contribution is 2.24. The maximum atomic E-state index is 12.2. The Labute approximate surface area is 122 Å². The molecule has 5 heteroatoms. The van der Waals surface area contributed by atoms with Crippen LogP contribution in [-0.2, 0) is 17.8 Å². The van der Waals surface area contributed by atoms with Crippen LogP contribution in [0.5, 0.6) is 0 Å². The van der Waals surface area contributed by atoms with E-state index >= 15 is 0 Å². The molecule has 104 valence electrons. The SMILES string of the molecule is O=C(CNC1CCSCC1)N1CCc2sccc2C1. The normalized spacial score (nSPS) is 20.3. The summed E-state index contributed by atoms with van der Waals surface area (Å²) in [5.41, 5.74) is 1.35. The fourth-order valence-corrected chi connectivity index (χ4v) is 4.70. The summed E-state index contributed by atoms with van der Waals surface area (Å²) in [7, 11) is 0. The van der Waals surface area contributed by atoms with E-state index < -0.39 is 0 Å². The van der Waals surface area contributed by atoms with Gasteiger partial charge >= 0.3 is 0 Å². The minimum atomic E-state index is 0.259. The van der Waals surface area contributed by atoms with Crippen LogP contribution < -0.4 is 5.32 Å². The van der Waals surface area contributed by atoms with E-state index in [4.69, 9.17) is 0 Å². The highest BCUT2D eigenvalue weighted by molar-refractivity contribution is 7.99. The molecular weight excluding hydrogens is 276 g/mol. The summed E-state index contributed by atoms with van der Waals surface area (Å²) in [6, 6.07) is 2.71. The fraction of sp³-hybridized carbons (Fsp3) is 0.643. The van der Waals surface area contributed by atoms with Gasteiger partial charge in [-0.05, 0) is 47.8 Å². The lowest BCUT2D eigenvalue weighted by Crippen LogP contribution is -2.44. The van der Waals surface area contributed by atoms with Gasteiger partial charge in [-0.15, -0.1) is 11.3 Å². The molecule has 2 aliphatic rings. The highest BCUT2D eigenvalue weighted by Gasteiger charge is 2.22. The van der Waals surface area contributed by atoms with Crippen molar-refractivity contribution in [3.63, 3.8) is 0 Å². The number of carbonyl (C=O) groups is 1. The molecule has 0 bridgehead atoms. The number of carbonyl (C=O) groups excluding carboxylic acids is 1. The van der Waals surface area contributed by atoms with Crippen molar-refractivity contribution in [2.24, 2.45) is 0 Å². The molecule has 3 rings (SSSR count). The summed E-state index contributed by atoms with van der Waals surface area (Å²) in [5, 5.41) is 5.57. The summed E-state index contributed by atoms with van der Waals surface area (Å²) >= 11 is 3.84. The average molecular weight is 296 g/mol. The molecule has 19 heavy (non-hydrogen) atoms. The van der Waals surface area contributed by atoms with Crippen molar-refractivity contribution in [1.82, 2.24) is 10.2 Å². The second-order valence-electron chi connectivity index (χ2n) is 5.20. The number of amides is 1. The number of nitrogens with one attached hydrogen (secondary N) is 1. The number of fused-ring (bicyclic) bond motifs is 1. The van der Waals surface area contributed by atoms with Gasteiger partial charge in [0.05, 0.1) is 6.54 Å². The molecule has 1 fully saturated rings. The second kappa shape index (κ2) is 6.29. The zero-order valence-electron chi connectivity index (χ0n) is 11.1. The van der Waals surface area contributed by atoms with Crippen molar-refractivity contribution in [1.29, 1.82) is 0 Å². The number of hydrogen-bond donors (Lipinski definition) is 1. The van der Waals surface area contributed by atoms with E-state index in [9.17, 15) is 4.79 Å². The predicted molar refractivity (Wildman–Crippen MR) is 81.8 cm³/mol. The molecule has 2 aliphatic heterocycles. The molecule has 1 aromatic heterocycles. The monoisotopic (exact) mass is 296 g/mol. The van der Waals surface area contributed by atoms with Gasteiger partial charge < -0.3 is 10.2 Å². The average Bonchev–Trinajstić information content (AvgIpc) is 2.93. The van der Waals surface area contributed by atoms with Crippen LogP contribution in [-0.4, -0.2) is 41.4 Å². The van der Waals surface area contributed by atoms with Gasteiger partial charge in [0.25, 0.3) is 0 Å². The minimum Gasteiger partial charge on any atom is -0.337 e. The molecule has 0 spiro atoms. The molecule has 1 N–H and O–H groups in total. The van der Waals surface area contributed by atoms with Crippen LogP contribution in [0.15, 0.2) is 11.4 Å². The third kappa shape index (κ3) is 3.33. The van der Waals surface area contributed by atoms with E-state index in [0.29, 0.717) is 12.6 Å². The molecule has 1 saturated heterocycles. The standard InChI is InChI=1S/C14H20N2OS2/c17-14(9-15-12-3-6-18-7-4-12)16-5-1-13-11(10-16)2-8-19-13/h2,8,12,15H,1,3-7,9-10H2. The fourth-order valence-electron chi connectivity index (χ4n) is 2.71. The first-order chi connectivity index (χ1) is 9.33.